The van der Waals surface area contributed by atoms with E-state index in [0.717, 1.165) is 11.6 Å². The van der Waals surface area contributed by atoms with Crippen molar-refractivity contribution >= 4 is 38.9 Å². The molecule has 0 spiro atoms. The fraction of sp³-hybridized carbons (Fsp3) is 0.200. The largest absolute Gasteiger partial charge is 0.339 e. The molecule has 0 unspecified atom stereocenters. The molecule has 1 amide bonds. The highest BCUT2D eigenvalue weighted by atomic mass is 35.5. The number of anilines is 2. The van der Waals surface area contributed by atoms with Gasteiger partial charge in [0.2, 0.25) is 5.91 Å². The maximum atomic E-state index is 13.7. The molecule has 1 aliphatic rings. The molecule has 1 N–H and O–H groups in total. The summed E-state index contributed by atoms with van der Waals surface area (Å²) >= 11 is 5.68. The van der Waals surface area contributed by atoms with E-state index in [2.05, 4.69) is 10.3 Å². The topological polar surface area (TPSA) is 84.3 Å². The van der Waals surface area contributed by atoms with Crippen LogP contribution in [-0.2, 0) is 28.3 Å². The molecule has 30 heavy (non-hydrogen) atoms. The van der Waals surface area contributed by atoms with Crippen LogP contribution in [0.1, 0.15) is 5.56 Å². The zero-order chi connectivity index (χ0) is 21.5. The summed E-state index contributed by atoms with van der Waals surface area (Å²) in [5.74, 6) is -1.73. The Morgan fingerprint density at radius 1 is 1.27 bits per heavy atom. The van der Waals surface area contributed by atoms with E-state index in [-0.39, 0.29) is 22.3 Å². The first kappa shape index (κ1) is 20.4. The van der Waals surface area contributed by atoms with E-state index in [0.29, 0.717) is 12.1 Å². The summed E-state index contributed by atoms with van der Waals surface area (Å²) in [6.45, 7) is -0.0577. The molecule has 156 valence electrons. The second kappa shape index (κ2) is 7.73. The summed E-state index contributed by atoms with van der Waals surface area (Å²) in [6, 6.07) is 11.0. The van der Waals surface area contributed by atoms with E-state index in [1.165, 1.54) is 29.0 Å². The van der Waals surface area contributed by atoms with Crippen molar-refractivity contribution in [1.29, 1.82) is 0 Å². The van der Waals surface area contributed by atoms with Gasteiger partial charge in [-0.3, -0.25) is 9.10 Å². The molecule has 0 saturated carbocycles. The van der Waals surface area contributed by atoms with Gasteiger partial charge in [-0.05, 0) is 36.2 Å². The highest BCUT2D eigenvalue weighted by molar-refractivity contribution is 7.92. The smallest absolute Gasteiger partial charge is 0.283 e. The lowest BCUT2D eigenvalue weighted by Crippen LogP contribution is -2.44. The summed E-state index contributed by atoms with van der Waals surface area (Å²) in [6.07, 6.45) is 3.17. The van der Waals surface area contributed by atoms with E-state index in [9.17, 15) is 17.6 Å². The maximum Gasteiger partial charge on any atom is 0.283 e. The number of amides is 1. The fourth-order valence-corrected chi connectivity index (χ4v) is 5.05. The first-order valence-corrected chi connectivity index (χ1v) is 10.9. The van der Waals surface area contributed by atoms with E-state index in [4.69, 9.17) is 11.6 Å². The Bertz CT molecular complexity index is 1230. The van der Waals surface area contributed by atoms with Gasteiger partial charge in [0, 0.05) is 25.5 Å². The van der Waals surface area contributed by atoms with Crippen molar-refractivity contribution in [2.24, 2.45) is 13.0 Å². The van der Waals surface area contributed by atoms with E-state index in [1.807, 2.05) is 0 Å². The molecule has 2 aromatic carbocycles. The number of aromatic nitrogens is 2. The van der Waals surface area contributed by atoms with Crippen molar-refractivity contribution < 1.29 is 17.6 Å². The molecule has 1 aromatic heterocycles. The zero-order valence-electron chi connectivity index (χ0n) is 15.9. The van der Waals surface area contributed by atoms with Gasteiger partial charge in [0.05, 0.1) is 23.0 Å². The number of imidazole rings is 1. The van der Waals surface area contributed by atoms with Crippen LogP contribution in [0.15, 0.2) is 60.0 Å². The number of hydrogen-bond acceptors (Lipinski definition) is 4. The Morgan fingerprint density at radius 2 is 2.03 bits per heavy atom. The Labute approximate surface area is 178 Å². The molecule has 0 aliphatic carbocycles. The molecule has 2 heterocycles. The first-order valence-electron chi connectivity index (χ1n) is 9.10. The average Bonchev–Trinajstić information content (AvgIpc) is 3.17. The van der Waals surface area contributed by atoms with Gasteiger partial charge in [-0.25, -0.2) is 9.37 Å². The third-order valence-corrected chi connectivity index (χ3v) is 6.88. The first-order chi connectivity index (χ1) is 14.3. The minimum Gasteiger partial charge on any atom is -0.339 e. The summed E-state index contributed by atoms with van der Waals surface area (Å²) in [7, 11) is -2.28. The number of rotatable bonds is 4. The molecule has 1 aliphatic heterocycles. The number of nitrogens with one attached hydrogen (secondary N) is 1. The molecule has 10 heteroatoms. The molecule has 0 radical (unpaired) electrons. The predicted octanol–water partition coefficient (Wildman–Crippen LogP) is 3.22. The number of aryl methyl sites for hydroxylation is 1. The number of fused-ring (bicyclic) bond motifs is 1. The molecular weight excluding hydrogens is 431 g/mol. The van der Waals surface area contributed by atoms with Crippen molar-refractivity contribution in [2.75, 3.05) is 16.2 Å². The van der Waals surface area contributed by atoms with Crippen molar-refractivity contribution in [3.05, 3.63) is 71.4 Å². The second-order valence-electron chi connectivity index (χ2n) is 7.06. The summed E-state index contributed by atoms with van der Waals surface area (Å²) in [5.41, 5.74) is 1.50. The van der Waals surface area contributed by atoms with Crippen molar-refractivity contribution in [3.63, 3.8) is 0 Å². The molecule has 0 bridgehead atoms. The number of para-hydroxylation sites is 1. The lowest BCUT2D eigenvalue weighted by molar-refractivity contribution is -0.119. The van der Waals surface area contributed by atoms with Gasteiger partial charge < -0.3 is 9.88 Å². The molecule has 4 rings (SSSR count). The quantitative estimate of drug-likeness (QED) is 0.664. The van der Waals surface area contributed by atoms with Crippen LogP contribution in [0.2, 0.25) is 5.02 Å². The zero-order valence-corrected chi connectivity index (χ0v) is 17.5. The van der Waals surface area contributed by atoms with Crippen LogP contribution in [0.3, 0.4) is 0 Å². The summed E-state index contributed by atoms with van der Waals surface area (Å²) in [4.78, 5) is 16.8. The van der Waals surface area contributed by atoms with Gasteiger partial charge in [-0.1, -0.05) is 29.8 Å². The number of hydrogen-bond donors (Lipinski definition) is 1. The van der Waals surface area contributed by atoms with Gasteiger partial charge in [0.15, 0.2) is 5.03 Å². The average molecular weight is 449 g/mol. The molecule has 3 aromatic rings. The molecule has 0 saturated heterocycles. The highest BCUT2D eigenvalue weighted by Crippen LogP contribution is 2.34. The van der Waals surface area contributed by atoms with Crippen LogP contribution in [0.5, 0.6) is 0 Å². The van der Waals surface area contributed by atoms with Crippen molar-refractivity contribution in [3.8, 4) is 0 Å². The number of sulfonamides is 1. The monoisotopic (exact) mass is 448 g/mol. The summed E-state index contributed by atoms with van der Waals surface area (Å²) < 4.78 is 42.9. The standard InChI is InChI=1S/C20H18ClFN4O3S/c1-25-11-19(23-12-25)30(28,29)26-10-14(8-13-4-2-3-5-18(13)26)20(27)24-15-6-7-16(21)17(22)9-15/h2-7,9,11-12,14H,8,10H2,1H3,(H,24,27)/t14-/m0/s1. The van der Waals surface area contributed by atoms with Gasteiger partial charge in [0.1, 0.15) is 5.82 Å². The second-order valence-corrected chi connectivity index (χ2v) is 9.28. The number of carbonyl (C=O) groups is 1. The summed E-state index contributed by atoms with van der Waals surface area (Å²) in [5, 5.41) is 2.50. The van der Waals surface area contributed by atoms with Gasteiger partial charge in [0.25, 0.3) is 10.0 Å². The van der Waals surface area contributed by atoms with Gasteiger partial charge >= 0.3 is 0 Å². The van der Waals surface area contributed by atoms with Crippen LogP contribution < -0.4 is 9.62 Å². The lowest BCUT2D eigenvalue weighted by atomic mass is 9.93. The van der Waals surface area contributed by atoms with E-state index in [1.54, 1.807) is 35.9 Å². The van der Waals surface area contributed by atoms with Gasteiger partial charge in [-0.2, -0.15) is 8.42 Å². The number of halogens is 2. The third-order valence-electron chi connectivity index (χ3n) is 4.91. The van der Waals surface area contributed by atoms with E-state index < -0.39 is 27.7 Å². The van der Waals surface area contributed by atoms with Crippen LogP contribution in [0, 0.1) is 11.7 Å². The van der Waals surface area contributed by atoms with Crippen LogP contribution in [0.25, 0.3) is 0 Å². The number of nitrogens with zero attached hydrogens (tertiary/aromatic N) is 3. The Kier molecular flexibility index (Phi) is 5.25. The van der Waals surface area contributed by atoms with Crippen molar-refractivity contribution in [2.45, 2.75) is 11.4 Å². The third kappa shape index (κ3) is 3.78. The Morgan fingerprint density at radius 3 is 2.73 bits per heavy atom. The molecule has 0 fully saturated rings. The van der Waals surface area contributed by atoms with Gasteiger partial charge in [-0.15, -0.1) is 0 Å². The van der Waals surface area contributed by atoms with Crippen LogP contribution in [0.4, 0.5) is 15.8 Å². The molecular formula is C20H18ClFN4O3S. The van der Waals surface area contributed by atoms with Crippen molar-refractivity contribution in [1.82, 2.24) is 9.55 Å². The SMILES string of the molecule is Cn1cnc(S(=O)(=O)N2C[C@@H](C(=O)Nc3ccc(Cl)c(F)c3)Cc3ccccc32)c1. The molecule has 7 nitrogen and oxygen atoms in total. The highest BCUT2D eigenvalue weighted by Gasteiger charge is 2.37. The minimum atomic E-state index is -3.96. The predicted molar refractivity (Wildman–Crippen MR) is 111 cm³/mol. The lowest BCUT2D eigenvalue weighted by Gasteiger charge is -2.34. The fourth-order valence-electron chi connectivity index (χ4n) is 3.41. The Balaban J connectivity index is 1.65. The minimum absolute atomic E-state index is 0.0489. The number of benzene rings is 2. The Hall–Kier alpha value is -2.91. The maximum absolute atomic E-state index is 13.7. The molecule has 1 atom stereocenters. The normalized spacial score (nSPS) is 16.2. The van der Waals surface area contributed by atoms with E-state index >= 15 is 0 Å². The van der Waals surface area contributed by atoms with Crippen LogP contribution in [-0.4, -0.2) is 30.4 Å². The van der Waals surface area contributed by atoms with Crippen LogP contribution >= 0.6 is 11.6 Å². The number of carbonyl (C=O) groups excluding carboxylic acids is 1.